The van der Waals surface area contributed by atoms with Crippen LogP contribution in [-0.4, -0.2) is 21.2 Å². The van der Waals surface area contributed by atoms with E-state index in [1.165, 1.54) is 0 Å². The number of thiol groups is 1. The summed E-state index contributed by atoms with van der Waals surface area (Å²) < 4.78 is 7.42. The lowest BCUT2D eigenvalue weighted by Gasteiger charge is -2.12. The molecule has 2 rings (SSSR count). The Morgan fingerprint density at radius 2 is 2.67 bits per heavy atom. The molecule has 2 heterocycles. The van der Waals surface area contributed by atoms with Gasteiger partial charge in [0.15, 0.2) is 0 Å². The quantitative estimate of drug-likeness (QED) is 0.446. The summed E-state index contributed by atoms with van der Waals surface area (Å²) in [6.45, 7) is 2.37. The summed E-state index contributed by atoms with van der Waals surface area (Å²) in [6.07, 6.45) is 2.07. The van der Waals surface area contributed by atoms with Gasteiger partial charge in [-0.15, -0.1) is 0 Å². The van der Waals surface area contributed by atoms with Crippen LogP contribution in [0.3, 0.4) is 0 Å². The number of rotatable bonds is 2. The Morgan fingerprint density at radius 3 is 3.42 bits per heavy atom. The van der Waals surface area contributed by atoms with Crippen molar-refractivity contribution in [1.82, 2.24) is 9.55 Å². The van der Waals surface area contributed by atoms with Crippen LogP contribution >= 0.6 is 24.4 Å². The fraction of sp³-hybridized carbons (Fsp3) is 0.571. The molecule has 0 saturated carbocycles. The molecule has 3 nitrogen and oxygen atoms in total. The van der Waals surface area contributed by atoms with Gasteiger partial charge in [0.25, 0.3) is 0 Å². The van der Waals surface area contributed by atoms with E-state index < -0.39 is 0 Å². The minimum Gasteiger partial charge on any atom is -0.372 e. The third-order valence-electron chi connectivity index (χ3n) is 1.76. The fourth-order valence-electron chi connectivity index (χ4n) is 1.20. The van der Waals surface area contributed by atoms with Crippen molar-refractivity contribution in [2.24, 2.45) is 0 Å². The molecule has 0 amide bonds. The maximum atomic E-state index is 5.28. The van der Waals surface area contributed by atoms with Crippen LogP contribution in [-0.2, 0) is 17.9 Å². The number of hydrogen-bond acceptors (Lipinski definition) is 4. The predicted molar refractivity (Wildman–Crippen MR) is 51.6 cm³/mol. The highest BCUT2D eigenvalue weighted by atomic mass is 32.2. The van der Waals surface area contributed by atoms with Crippen LogP contribution in [0.5, 0.6) is 0 Å². The second-order valence-corrected chi connectivity index (χ2v) is 4.25. The Bertz CT molecular complexity index is 251. The van der Waals surface area contributed by atoms with Crippen LogP contribution in [0.25, 0.3) is 0 Å². The van der Waals surface area contributed by atoms with Crippen LogP contribution in [0.15, 0.2) is 11.2 Å². The molecular weight excluding hydrogens is 192 g/mol. The summed E-state index contributed by atoms with van der Waals surface area (Å²) in [5.41, 5.74) is 0. The van der Waals surface area contributed by atoms with E-state index in [-0.39, 0.29) is 0 Å². The molecule has 12 heavy (non-hydrogen) atoms. The average molecular weight is 202 g/mol. The Labute approximate surface area is 80.9 Å². The highest BCUT2D eigenvalue weighted by Gasteiger charge is 2.11. The molecule has 1 aromatic rings. The molecule has 0 spiro atoms. The predicted octanol–water partition coefficient (Wildman–Crippen LogP) is 1.39. The molecule has 0 radical (unpaired) electrons. The summed E-state index contributed by atoms with van der Waals surface area (Å²) >= 11 is 5.78. The van der Waals surface area contributed by atoms with E-state index in [2.05, 4.69) is 28.4 Å². The first-order chi connectivity index (χ1) is 5.90. The molecular formula is C7H10N2OS2. The van der Waals surface area contributed by atoms with Crippen molar-refractivity contribution in [3.8, 4) is 0 Å². The second kappa shape index (κ2) is 3.72. The van der Waals surface area contributed by atoms with Crippen LogP contribution in [0.4, 0.5) is 0 Å². The lowest BCUT2D eigenvalue weighted by molar-refractivity contribution is 0.0816. The van der Waals surface area contributed by atoms with Gasteiger partial charge in [0.2, 0.25) is 0 Å². The smallest absolute Gasteiger partial charge is 0.136 e. The number of ether oxygens (including phenoxy) is 1. The van der Waals surface area contributed by atoms with Crippen molar-refractivity contribution in [2.75, 3.05) is 11.7 Å². The standard InChI is InChI=1S/C7H10N2OS2/c11-5-12-7-3-9-1-2-10-4-6(9)8-7/h3,11H,1-2,4-5H2. The molecule has 0 aromatic carbocycles. The fourth-order valence-corrected chi connectivity index (χ4v) is 2.10. The minimum absolute atomic E-state index is 0.646. The second-order valence-electron chi connectivity index (χ2n) is 2.51. The highest BCUT2D eigenvalue weighted by molar-refractivity contribution is 8.09. The zero-order valence-electron chi connectivity index (χ0n) is 6.56. The lowest BCUT2D eigenvalue weighted by Crippen LogP contribution is -2.15. The van der Waals surface area contributed by atoms with Crippen molar-refractivity contribution in [3.63, 3.8) is 0 Å². The lowest BCUT2D eigenvalue weighted by atomic mass is 10.5. The van der Waals surface area contributed by atoms with Crippen LogP contribution in [0.2, 0.25) is 0 Å². The zero-order chi connectivity index (χ0) is 8.39. The van der Waals surface area contributed by atoms with Crippen LogP contribution in [0, 0.1) is 0 Å². The number of nitrogens with zero attached hydrogens (tertiary/aromatic N) is 2. The van der Waals surface area contributed by atoms with E-state index in [0.717, 1.165) is 29.1 Å². The van der Waals surface area contributed by atoms with E-state index in [1.807, 2.05) is 0 Å². The number of hydrogen-bond donors (Lipinski definition) is 1. The van der Waals surface area contributed by atoms with Gasteiger partial charge in [0, 0.05) is 17.8 Å². The maximum absolute atomic E-state index is 5.28. The van der Waals surface area contributed by atoms with Gasteiger partial charge in [-0.2, -0.15) is 12.6 Å². The molecule has 0 aliphatic carbocycles. The Hall–Kier alpha value is -0.130. The van der Waals surface area contributed by atoms with Gasteiger partial charge in [0.05, 0.1) is 6.61 Å². The molecule has 5 heteroatoms. The van der Waals surface area contributed by atoms with Crippen molar-refractivity contribution in [2.45, 2.75) is 18.2 Å². The first-order valence-electron chi connectivity index (χ1n) is 3.77. The van der Waals surface area contributed by atoms with E-state index >= 15 is 0 Å². The molecule has 1 aliphatic rings. The topological polar surface area (TPSA) is 27.1 Å². The van der Waals surface area contributed by atoms with E-state index in [1.54, 1.807) is 11.8 Å². The molecule has 0 unspecified atom stereocenters. The monoisotopic (exact) mass is 202 g/mol. The average Bonchev–Trinajstić information content (AvgIpc) is 2.47. The van der Waals surface area contributed by atoms with Gasteiger partial charge >= 0.3 is 0 Å². The zero-order valence-corrected chi connectivity index (χ0v) is 8.27. The van der Waals surface area contributed by atoms with Crippen molar-refractivity contribution >= 4 is 24.4 Å². The summed E-state index contributed by atoms with van der Waals surface area (Å²) in [5.74, 6) is 1.03. The SMILES string of the molecule is SCSc1cn2c(n1)COCC2. The molecule has 0 bridgehead atoms. The molecule has 0 N–H and O–H groups in total. The van der Waals surface area contributed by atoms with Gasteiger partial charge in [0.1, 0.15) is 17.5 Å². The normalized spacial score (nSPS) is 16.1. The first-order valence-corrected chi connectivity index (χ1v) is 5.39. The van der Waals surface area contributed by atoms with Crippen molar-refractivity contribution < 1.29 is 4.74 Å². The van der Waals surface area contributed by atoms with Gasteiger partial charge in [-0.3, -0.25) is 0 Å². The third-order valence-corrected chi connectivity index (χ3v) is 2.77. The number of aromatic nitrogens is 2. The van der Waals surface area contributed by atoms with Crippen LogP contribution in [0.1, 0.15) is 5.82 Å². The molecule has 1 aromatic heterocycles. The summed E-state index contributed by atoms with van der Waals surface area (Å²) in [5, 5.41) is 1.82. The molecule has 1 aliphatic heterocycles. The largest absolute Gasteiger partial charge is 0.372 e. The number of imidazole rings is 1. The molecule has 0 atom stereocenters. The van der Waals surface area contributed by atoms with E-state index in [9.17, 15) is 0 Å². The van der Waals surface area contributed by atoms with Gasteiger partial charge in [-0.25, -0.2) is 4.98 Å². The summed E-state index contributed by atoms with van der Waals surface area (Å²) in [6, 6.07) is 0. The Balaban J connectivity index is 2.20. The van der Waals surface area contributed by atoms with Crippen LogP contribution < -0.4 is 0 Å². The molecule has 0 fully saturated rings. The first kappa shape index (κ1) is 8.47. The van der Waals surface area contributed by atoms with E-state index in [0.29, 0.717) is 6.61 Å². The number of thioether (sulfide) groups is 1. The summed E-state index contributed by atoms with van der Waals surface area (Å²) in [7, 11) is 0. The van der Waals surface area contributed by atoms with Gasteiger partial charge in [-0.05, 0) is 0 Å². The van der Waals surface area contributed by atoms with Crippen molar-refractivity contribution in [1.29, 1.82) is 0 Å². The highest BCUT2D eigenvalue weighted by Crippen LogP contribution is 2.19. The molecule has 66 valence electrons. The Morgan fingerprint density at radius 1 is 1.75 bits per heavy atom. The third kappa shape index (κ3) is 1.62. The number of fused-ring (bicyclic) bond motifs is 1. The van der Waals surface area contributed by atoms with Gasteiger partial charge < -0.3 is 9.30 Å². The Kier molecular flexibility index (Phi) is 2.63. The van der Waals surface area contributed by atoms with Crippen molar-refractivity contribution in [3.05, 3.63) is 12.0 Å². The van der Waals surface area contributed by atoms with Gasteiger partial charge in [-0.1, -0.05) is 11.8 Å². The minimum atomic E-state index is 0.646. The van der Waals surface area contributed by atoms with E-state index in [4.69, 9.17) is 4.74 Å². The summed E-state index contributed by atoms with van der Waals surface area (Å²) in [4.78, 5) is 4.39. The maximum Gasteiger partial charge on any atom is 0.136 e. The molecule has 0 saturated heterocycles.